The fourth-order valence-corrected chi connectivity index (χ4v) is 2.71. The Morgan fingerprint density at radius 3 is 2.67 bits per heavy atom. The molecule has 0 spiro atoms. The van der Waals surface area contributed by atoms with Crippen LogP contribution in [-0.2, 0) is 4.79 Å². The van der Waals surface area contributed by atoms with Crippen LogP contribution >= 0.6 is 11.6 Å². The van der Waals surface area contributed by atoms with Crippen LogP contribution in [0.4, 0.5) is 13.2 Å². The van der Waals surface area contributed by atoms with Crippen molar-refractivity contribution in [3.63, 3.8) is 0 Å². The van der Waals surface area contributed by atoms with Crippen molar-refractivity contribution in [3.8, 4) is 0 Å². The monoisotopic (exact) mass is 364 g/mol. The summed E-state index contributed by atoms with van der Waals surface area (Å²) in [5, 5.41) is 5.96. The molecule has 0 aliphatic carbocycles. The Morgan fingerprint density at radius 1 is 1.42 bits per heavy atom. The molecule has 2 aliphatic heterocycles. The third-order valence-electron chi connectivity index (χ3n) is 4.32. The van der Waals surface area contributed by atoms with Gasteiger partial charge in [0, 0.05) is 12.8 Å². The van der Waals surface area contributed by atoms with E-state index in [-0.39, 0.29) is 12.5 Å². The molecule has 0 fully saturated rings. The van der Waals surface area contributed by atoms with E-state index in [4.69, 9.17) is 11.6 Å². The van der Waals surface area contributed by atoms with Gasteiger partial charge in [0.1, 0.15) is 22.2 Å². The zero-order chi connectivity index (χ0) is 18.1. The predicted molar refractivity (Wildman–Crippen MR) is 86.3 cm³/mol. The fraction of sp³-hybridized carbons (Fsp3) is 0.600. The number of carbonyl (C=O) groups is 1. The van der Waals surface area contributed by atoms with Crippen molar-refractivity contribution in [2.24, 2.45) is 4.99 Å². The Labute approximate surface area is 143 Å². The number of nitrogens with one attached hydrogen (secondary N) is 2. The van der Waals surface area contributed by atoms with E-state index < -0.39 is 18.1 Å². The van der Waals surface area contributed by atoms with Gasteiger partial charge in [0.15, 0.2) is 0 Å². The second-order valence-electron chi connectivity index (χ2n) is 6.05. The number of nitrogens with zero attached hydrogens (tertiary/aromatic N) is 2. The fourth-order valence-electron chi connectivity index (χ4n) is 2.56. The molecule has 134 valence electrons. The summed E-state index contributed by atoms with van der Waals surface area (Å²) in [5.74, 6) is -0.0347. The van der Waals surface area contributed by atoms with Gasteiger partial charge < -0.3 is 15.5 Å². The molecule has 1 amide bonds. The van der Waals surface area contributed by atoms with Crippen LogP contribution in [0.25, 0.3) is 0 Å². The SMILES string of the molecule is CCC1(C)C(=O)NC2=C(NC(Cl)=C(C)CN=C2)N1CCC(F)(F)F. The van der Waals surface area contributed by atoms with Crippen LogP contribution in [0.2, 0.25) is 0 Å². The van der Waals surface area contributed by atoms with E-state index in [1.807, 2.05) is 0 Å². The molecule has 0 aromatic rings. The number of aliphatic imine (C=N–C) groups is 1. The highest BCUT2D eigenvalue weighted by Crippen LogP contribution is 2.32. The molecule has 5 nitrogen and oxygen atoms in total. The Morgan fingerprint density at radius 2 is 2.08 bits per heavy atom. The number of rotatable bonds is 3. The Hall–Kier alpha value is -1.70. The first-order valence-electron chi connectivity index (χ1n) is 7.60. The van der Waals surface area contributed by atoms with Crippen molar-refractivity contribution in [1.82, 2.24) is 15.5 Å². The molecule has 0 aromatic carbocycles. The molecule has 2 aliphatic rings. The summed E-state index contributed by atoms with van der Waals surface area (Å²) >= 11 is 6.19. The topological polar surface area (TPSA) is 56.7 Å². The van der Waals surface area contributed by atoms with Crippen molar-refractivity contribution >= 4 is 23.7 Å². The van der Waals surface area contributed by atoms with Crippen molar-refractivity contribution in [2.45, 2.75) is 45.3 Å². The third-order valence-corrected chi connectivity index (χ3v) is 4.73. The van der Waals surface area contributed by atoms with Crippen molar-refractivity contribution in [2.75, 3.05) is 13.1 Å². The average molecular weight is 365 g/mol. The van der Waals surface area contributed by atoms with Gasteiger partial charge in [-0.1, -0.05) is 18.5 Å². The highest BCUT2D eigenvalue weighted by atomic mass is 35.5. The normalized spacial score (nSPS) is 25.1. The van der Waals surface area contributed by atoms with Gasteiger partial charge in [-0.2, -0.15) is 13.2 Å². The summed E-state index contributed by atoms with van der Waals surface area (Å²) in [6.45, 7) is 5.13. The minimum atomic E-state index is -4.32. The van der Waals surface area contributed by atoms with Crippen LogP contribution in [0.3, 0.4) is 0 Å². The van der Waals surface area contributed by atoms with Gasteiger partial charge in [-0.3, -0.25) is 9.79 Å². The third kappa shape index (κ3) is 3.68. The molecule has 0 bridgehead atoms. The minimum Gasteiger partial charge on any atom is -0.342 e. The Kier molecular flexibility index (Phi) is 5.17. The van der Waals surface area contributed by atoms with E-state index in [1.165, 1.54) is 11.1 Å². The lowest BCUT2D eigenvalue weighted by Crippen LogP contribution is -2.62. The van der Waals surface area contributed by atoms with Gasteiger partial charge >= 0.3 is 6.18 Å². The lowest BCUT2D eigenvalue weighted by atomic mass is 9.92. The van der Waals surface area contributed by atoms with Gasteiger partial charge in [-0.25, -0.2) is 0 Å². The largest absolute Gasteiger partial charge is 0.390 e. The number of halogens is 4. The van der Waals surface area contributed by atoms with Crippen LogP contribution in [-0.4, -0.2) is 41.8 Å². The van der Waals surface area contributed by atoms with Crippen LogP contribution in [0.1, 0.15) is 33.6 Å². The van der Waals surface area contributed by atoms with Gasteiger partial charge in [-0.05, 0) is 25.8 Å². The maximum Gasteiger partial charge on any atom is 0.390 e. The number of hydrogen-bond acceptors (Lipinski definition) is 4. The zero-order valence-corrected chi connectivity index (χ0v) is 14.5. The number of alkyl halides is 3. The van der Waals surface area contributed by atoms with Crippen molar-refractivity contribution in [1.29, 1.82) is 0 Å². The van der Waals surface area contributed by atoms with Crippen LogP contribution in [0.15, 0.2) is 27.2 Å². The zero-order valence-electron chi connectivity index (χ0n) is 13.7. The minimum absolute atomic E-state index is 0.297. The Bertz CT molecular complexity index is 627. The molecule has 1 atom stereocenters. The molecule has 0 radical (unpaired) electrons. The van der Waals surface area contributed by atoms with E-state index in [0.29, 0.717) is 29.6 Å². The second kappa shape index (κ2) is 6.66. The molecule has 2 N–H and O–H groups in total. The lowest BCUT2D eigenvalue weighted by molar-refractivity contribution is -0.146. The molecular weight excluding hydrogens is 345 g/mol. The smallest absolute Gasteiger partial charge is 0.342 e. The summed E-state index contributed by atoms with van der Waals surface area (Å²) in [7, 11) is 0. The maximum absolute atomic E-state index is 12.7. The molecule has 0 aromatic heterocycles. The van der Waals surface area contributed by atoms with Gasteiger partial charge in [0.2, 0.25) is 5.91 Å². The Balaban J connectivity index is 2.48. The summed E-state index contributed by atoms with van der Waals surface area (Å²) < 4.78 is 38.2. The lowest BCUT2D eigenvalue weighted by Gasteiger charge is -2.46. The van der Waals surface area contributed by atoms with Crippen molar-refractivity contribution < 1.29 is 18.0 Å². The van der Waals surface area contributed by atoms with Gasteiger partial charge in [0.25, 0.3) is 0 Å². The second-order valence-corrected chi connectivity index (χ2v) is 6.43. The molecule has 0 saturated carbocycles. The van der Waals surface area contributed by atoms with E-state index in [2.05, 4.69) is 15.6 Å². The molecule has 2 rings (SSSR count). The number of allylic oxidation sites excluding steroid dienone is 1. The maximum atomic E-state index is 12.7. The number of carbonyl (C=O) groups excluding carboxylic acids is 1. The van der Waals surface area contributed by atoms with E-state index in [1.54, 1.807) is 20.8 Å². The van der Waals surface area contributed by atoms with Gasteiger partial charge in [0.05, 0.1) is 13.0 Å². The quantitative estimate of drug-likeness (QED) is 0.757. The predicted octanol–water partition coefficient (Wildman–Crippen LogP) is 2.85. The van der Waals surface area contributed by atoms with Crippen LogP contribution < -0.4 is 10.6 Å². The summed E-state index contributed by atoms with van der Waals surface area (Å²) in [5.41, 5.74) is -0.0426. The molecular formula is C15H20ClF3N4O. The number of amides is 1. The highest BCUT2D eigenvalue weighted by Gasteiger charge is 2.45. The molecule has 0 saturated heterocycles. The standard InChI is InChI=1S/C15H20ClF3N4O/c1-4-14(3)13(24)21-10-8-20-7-9(2)11(16)22-12(10)23(14)6-5-15(17,18)19/h8,22H,4-7H2,1-3H3,(H,21,24). The van der Waals surface area contributed by atoms with Crippen LogP contribution in [0.5, 0.6) is 0 Å². The molecule has 9 heteroatoms. The summed E-state index contributed by atoms with van der Waals surface area (Å²) in [6.07, 6.45) is -3.57. The van der Waals surface area contributed by atoms with Gasteiger partial charge in [-0.15, -0.1) is 0 Å². The molecule has 1 unspecified atom stereocenters. The first-order chi connectivity index (χ1) is 11.1. The van der Waals surface area contributed by atoms with Crippen molar-refractivity contribution in [3.05, 3.63) is 22.2 Å². The first-order valence-corrected chi connectivity index (χ1v) is 7.98. The van der Waals surface area contributed by atoms with E-state index >= 15 is 0 Å². The average Bonchev–Trinajstić information content (AvgIpc) is 2.48. The van der Waals surface area contributed by atoms with E-state index in [0.717, 1.165) is 5.57 Å². The summed E-state index contributed by atoms with van der Waals surface area (Å²) in [6, 6.07) is 0. The highest BCUT2D eigenvalue weighted by molar-refractivity contribution is 6.29. The first kappa shape index (κ1) is 18.6. The van der Waals surface area contributed by atoms with E-state index in [9.17, 15) is 18.0 Å². The molecule has 2 heterocycles. The van der Waals surface area contributed by atoms with Crippen LogP contribution in [0, 0.1) is 0 Å². The number of hydrogen-bond donors (Lipinski definition) is 2. The summed E-state index contributed by atoms with van der Waals surface area (Å²) in [4.78, 5) is 18.1. The molecule has 24 heavy (non-hydrogen) atoms.